The molecular weight excluding hydrogens is 238 g/mol. The fourth-order valence-corrected chi connectivity index (χ4v) is 2.90. The molecule has 2 atom stereocenters. The number of nitrogens with one attached hydrogen (secondary N) is 1. The molecule has 100 valence electrons. The van der Waals surface area contributed by atoms with Gasteiger partial charge in [0.25, 0.3) is 0 Å². The van der Waals surface area contributed by atoms with Crippen LogP contribution in [0, 0.1) is 13.8 Å². The third-order valence-corrected chi connectivity index (χ3v) is 3.77. The van der Waals surface area contributed by atoms with Gasteiger partial charge < -0.3 is 14.5 Å². The topological polar surface area (TPSA) is 34.4 Å². The molecule has 0 fully saturated rings. The Morgan fingerprint density at radius 3 is 2.68 bits per heavy atom. The number of likely N-dealkylation sites (N-methyl/N-ethyl adjacent to an activating group) is 1. The number of aryl methyl sites for hydroxylation is 2. The number of hydrogen-bond donors (Lipinski definition) is 1. The summed E-state index contributed by atoms with van der Waals surface area (Å²) in [6.07, 6.45) is 1.06. The fourth-order valence-electron chi connectivity index (χ4n) is 2.90. The molecule has 0 spiro atoms. The van der Waals surface area contributed by atoms with Crippen LogP contribution in [-0.2, 0) is 6.42 Å². The minimum Gasteiger partial charge on any atom is -0.488 e. The smallest absolute Gasteiger partial charge is 0.123 e. The SMILES string of the molecule is CNC(c1cc(C)oc1C)C1Cc2ccccc2O1. The van der Waals surface area contributed by atoms with Crippen molar-refractivity contribution in [2.75, 3.05) is 7.05 Å². The van der Waals surface area contributed by atoms with Crippen LogP contribution < -0.4 is 10.1 Å². The molecule has 1 aliphatic heterocycles. The van der Waals surface area contributed by atoms with Crippen LogP contribution in [0.4, 0.5) is 0 Å². The van der Waals surface area contributed by atoms with Crippen molar-refractivity contribution in [2.24, 2.45) is 0 Å². The van der Waals surface area contributed by atoms with Crippen LogP contribution in [-0.4, -0.2) is 13.2 Å². The predicted octanol–water partition coefficient (Wildman–Crippen LogP) is 3.16. The number of ether oxygens (including phenoxy) is 1. The Bertz CT molecular complexity index is 563. The van der Waals surface area contributed by atoms with Gasteiger partial charge in [-0.1, -0.05) is 18.2 Å². The Kier molecular flexibility index (Phi) is 3.07. The van der Waals surface area contributed by atoms with Gasteiger partial charge in [0.15, 0.2) is 0 Å². The molecular formula is C16H19NO2. The summed E-state index contributed by atoms with van der Waals surface area (Å²) in [7, 11) is 1.97. The quantitative estimate of drug-likeness (QED) is 0.917. The highest BCUT2D eigenvalue weighted by Crippen LogP contribution is 2.35. The van der Waals surface area contributed by atoms with Crippen LogP contribution >= 0.6 is 0 Å². The monoisotopic (exact) mass is 257 g/mol. The fraction of sp³-hybridized carbons (Fsp3) is 0.375. The molecule has 3 rings (SSSR count). The first-order valence-corrected chi connectivity index (χ1v) is 6.68. The molecule has 0 aliphatic carbocycles. The van der Waals surface area contributed by atoms with Crippen molar-refractivity contribution in [3.8, 4) is 5.75 Å². The van der Waals surface area contributed by atoms with E-state index >= 15 is 0 Å². The Balaban J connectivity index is 1.88. The highest BCUT2D eigenvalue weighted by molar-refractivity contribution is 5.39. The molecule has 0 radical (unpaired) electrons. The summed E-state index contributed by atoms with van der Waals surface area (Å²) < 4.78 is 11.7. The highest BCUT2D eigenvalue weighted by Gasteiger charge is 2.32. The molecule has 0 saturated carbocycles. The van der Waals surface area contributed by atoms with E-state index in [0.717, 1.165) is 23.7 Å². The maximum Gasteiger partial charge on any atom is 0.123 e. The molecule has 3 nitrogen and oxygen atoms in total. The molecule has 0 bridgehead atoms. The summed E-state index contributed by atoms with van der Waals surface area (Å²) >= 11 is 0. The first kappa shape index (κ1) is 12.3. The van der Waals surface area contributed by atoms with Crippen LogP contribution in [0.5, 0.6) is 5.75 Å². The van der Waals surface area contributed by atoms with Crippen molar-refractivity contribution in [3.05, 3.63) is 53.0 Å². The number of benzene rings is 1. The zero-order valence-corrected chi connectivity index (χ0v) is 11.6. The molecule has 1 aliphatic rings. The normalized spacial score (nSPS) is 19.0. The Morgan fingerprint density at radius 2 is 2.05 bits per heavy atom. The summed E-state index contributed by atoms with van der Waals surface area (Å²) in [5, 5.41) is 3.36. The molecule has 0 amide bonds. The lowest BCUT2D eigenvalue weighted by atomic mass is 9.98. The molecule has 2 aromatic rings. The summed E-state index contributed by atoms with van der Waals surface area (Å²) in [5.41, 5.74) is 2.48. The maximum atomic E-state index is 6.07. The van der Waals surface area contributed by atoms with E-state index in [1.807, 2.05) is 33.0 Å². The van der Waals surface area contributed by atoms with E-state index in [0.29, 0.717) is 0 Å². The van der Waals surface area contributed by atoms with E-state index in [2.05, 4.69) is 23.5 Å². The summed E-state index contributed by atoms with van der Waals surface area (Å²) in [4.78, 5) is 0. The van der Waals surface area contributed by atoms with Crippen molar-refractivity contribution in [1.29, 1.82) is 0 Å². The average molecular weight is 257 g/mol. The van der Waals surface area contributed by atoms with Gasteiger partial charge in [0.05, 0.1) is 6.04 Å². The third-order valence-electron chi connectivity index (χ3n) is 3.77. The van der Waals surface area contributed by atoms with Gasteiger partial charge in [-0.2, -0.15) is 0 Å². The van der Waals surface area contributed by atoms with Crippen molar-refractivity contribution < 1.29 is 9.15 Å². The molecule has 3 heteroatoms. The van der Waals surface area contributed by atoms with Gasteiger partial charge in [-0.3, -0.25) is 0 Å². The number of furan rings is 1. The second kappa shape index (κ2) is 4.74. The van der Waals surface area contributed by atoms with Gasteiger partial charge in [-0.05, 0) is 38.6 Å². The van der Waals surface area contributed by atoms with E-state index in [-0.39, 0.29) is 12.1 Å². The summed E-state index contributed by atoms with van der Waals surface area (Å²) in [6.45, 7) is 3.99. The summed E-state index contributed by atoms with van der Waals surface area (Å²) in [6, 6.07) is 10.5. The van der Waals surface area contributed by atoms with Gasteiger partial charge in [0.1, 0.15) is 23.4 Å². The lowest BCUT2D eigenvalue weighted by Crippen LogP contribution is -2.32. The van der Waals surface area contributed by atoms with Gasteiger partial charge >= 0.3 is 0 Å². The van der Waals surface area contributed by atoms with E-state index < -0.39 is 0 Å². The molecule has 0 saturated heterocycles. The van der Waals surface area contributed by atoms with Crippen LogP contribution in [0.1, 0.15) is 28.7 Å². The average Bonchev–Trinajstić information content (AvgIpc) is 2.94. The van der Waals surface area contributed by atoms with Crippen molar-refractivity contribution in [2.45, 2.75) is 32.4 Å². The minimum atomic E-state index is 0.123. The number of fused-ring (bicyclic) bond motifs is 1. The molecule has 19 heavy (non-hydrogen) atoms. The van der Waals surface area contributed by atoms with Gasteiger partial charge in [0.2, 0.25) is 0 Å². The van der Waals surface area contributed by atoms with E-state index in [9.17, 15) is 0 Å². The lowest BCUT2D eigenvalue weighted by Gasteiger charge is -2.22. The van der Waals surface area contributed by atoms with Gasteiger partial charge in [0, 0.05) is 12.0 Å². The zero-order valence-electron chi connectivity index (χ0n) is 11.6. The lowest BCUT2D eigenvalue weighted by molar-refractivity contribution is 0.182. The molecule has 1 aromatic carbocycles. The number of hydrogen-bond acceptors (Lipinski definition) is 3. The predicted molar refractivity (Wildman–Crippen MR) is 74.5 cm³/mol. The maximum absolute atomic E-state index is 6.07. The number of para-hydroxylation sites is 1. The molecule has 2 heterocycles. The molecule has 2 unspecified atom stereocenters. The van der Waals surface area contributed by atoms with E-state index in [4.69, 9.17) is 9.15 Å². The summed E-state index contributed by atoms with van der Waals surface area (Å²) in [5.74, 6) is 2.92. The largest absolute Gasteiger partial charge is 0.488 e. The van der Waals surface area contributed by atoms with Crippen LogP contribution in [0.3, 0.4) is 0 Å². The minimum absolute atomic E-state index is 0.123. The third kappa shape index (κ3) is 2.15. The van der Waals surface area contributed by atoms with Crippen molar-refractivity contribution in [1.82, 2.24) is 5.32 Å². The van der Waals surface area contributed by atoms with Crippen LogP contribution in [0.2, 0.25) is 0 Å². The Labute approximate surface area is 113 Å². The Hall–Kier alpha value is -1.74. The molecule has 1 aromatic heterocycles. The van der Waals surface area contributed by atoms with Gasteiger partial charge in [-0.25, -0.2) is 0 Å². The number of rotatable bonds is 3. The zero-order chi connectivity index (χ0) is 13.4. The van der Waals surface area contributed by atoms with Crippen LogP contribution in [0.25, 0.3) is 0 Å². The van der Waals surface area contributed by atoms with E-state index in [1.54, 1.807) is 0 Å². The first-order valence-electron chi connectivity index (χ1n) is 6.68. The molecule has 1 N–H and O–H groups in total. The standard InChI is InChI=1S/C16H19NO2/c1-10-8-13(11(2)18-10)16(17-3)15-9-12-6-4-5-7-14(12)19-15/h4-8,15-17H,9H2,1-3H3. The van der Waals surface area contributed by atoms with Gasteiger partial charge in [-0.15, -0.1) is 0 Å². The van der Waals surface area contributed by atoms with E-state index in [1.165, 1.54) is 11.1 Å². The first-order chi connectivity index (χ1) is 9.19. The second-order valence-corrected chi connectivity index (χ2v) is 5.10. The Morgan fingerprint density at radius 1 is 1.26 bits per heavy atom. The second-order valence-electron chi connectivity index (χ2n) is 5.10. The highest BCUT2D eigenvalue weighted by atomic mass is 16.5. The van der Waals surface area contributed by atoms with Crippen molar-refractivity contribution >= 4 is 0 Å². The van der Waals surface area contributed by atoms with Crippen LogP contribution in [0.15, 0.2) is 34.7 Å². The van der Waals surface area contributed by atoms with Crippen molar-refractivity contribution in [3.63, 3.8) is 0 Å².